The number of aliphatic hydroxyl groups excluding tert-OH is 1. The van der Waals surface area contributed by atoms with Crippen molar-refractivity contribution in [3.63, 3.8) is 0 Å². The number of nitrogens with two attached hydrogens (primary N) is 1. The first-order chi connectivity index (χ1) is 10.2. The van der Waals surface area contributed by atoms with Crippen molar-refractivity contribution in [1.29, 1.82) is 0 Å². The number of carbonyl (C=O) groups excluding carboxylic acids is 1. The van der Waals surface area contributed by atoms with Crippen molar-refractivity contribution in [3.8, 4) is 5.75 Å². The number of aliphatic hydroxyl groups is 1. The fourth-order valence-corrected chi connectivity index (χ4v) is 2.64. The van der Waals surface area contributed by atoms with E-state index in [4.69, 9.17) is 15.6 Å². The highest BCUT2D eigenvalue weighted by Crippen LogP contribution is 2.26. The molecule has 116 valence electrons. The van der Waals surface area contributed by atoms with Crippen LogP contribution in [0.3, 0.4) is 0 Å². The maximum absolute atomic E-state index is 12.7. The zero-order chi connectivity index (χ0) is 15.2. The van der Waals surface area contributed by atoms with Crippen LogP contribution in [0.5, 0.6) is 5.75 Å². The molecule has 21 heavy (non-hydrogen) atoms. The molecule has 6 nitrogen and oxygen atoms in total. The molecule has 0 aromatic heterocycles. The summed E-state index contributed by atoms with van der Waals surface area (Å²) in [5, 5.41) is 9.01. The molecule has 0 aliphatic carbocycles. The summed E-state index contributed by atoms with van der Waals surface area (Å²) in [6.45, 7) is 3.79. The second-order valence-electron chi connectivity index (χ2n) is 5.14. The molecule has 0 unspecified atom stereocenters. The summed E-state index contributed by atoms with van der Waals surface area (Å²) in [4.78, 5) is 16.7. The van der Waals surface area contributed by atoms with Crippen LogP contribution in [0.1, 0.15) is 16.8 Å². The molecule has 1 heterocycles. The lowest BCUT2D eigenvalue weighted by Crippen LogP contribution is -2.36. The fraction of sp³-hybridized carbons (Fsp3) is 0.533. The average Bonchev–Trinajstić information content (AvgIpc) is 2.72. The van der Waals surface area contributed by atoms with Crippen LogP contribution in [0.4, 0.5) is 5.69 Å². The van der Waals surface area contributed by atoms with E-state index in [0.29, 0.717) is 36.6 Å². The van der Waals surface area contributed by atoms with Gasteiger partial charge in [-0.15, -0.1) is 0 Å². The van der Waals surface area contributed by atoms with Gasteiger partial charge in [0.25, 0.3) is 5.91 Å². The summed E-state index contributed by atoms with van der Waals surface area (Å²) in [6, 6.07) is 5.24. The maximum Gasteiger partial charge on any atom is 0.259 e. The van der Waals surface area contributed by atoms with E-state index in [1.54, 1.807) is 18.2 Å². The minimum absolute atomic E-state index is 0.0872. The summed E-state index contributed by atoms with van der Waals surface area (Å²) < 4.78 is 5.26. The Kier molecular flexibility index (Phi) is 5.41. The van der Waals surface area contributed by atoms with E-state index < -0.39 is 0 Å². The molecule has 2 rings (SSSR count). The number of benzene rings is 1. The molecule has 0 bridgehead atoms. The molecular weight excluding hydrogens is 270 g/mol. The summed E-state index contributed by atoms with van der Waals surface area (Å²) in [7, 11) is 1.54. The summed E-state index contributed by atoms with van der Waals surface area (Å²) >= 11 is 0. The number of carbonyl (C=O) groups is 1. The van der Waals surface area contributed by atoms with E-state index in [0.717, 1.165) is 19.5 Å². The van der Waals surface area contributed by atoms with Gasteiger partial charge in [-0.05, 0) is 25.1 Å². The predicted molar refractivity (Wildman–Crippen MR) is 81.5 cm³/mol. The fourth-order valence-electron chi connectivity index (χ4n) is 2.64. The quantitative estimate of drug-likeness (QED) is 0.787. The minimum Gasteiger partial charge on any atom is -0.496 e. The van der Waals surface area contributed by atoms with E-state index in [1.165, 1.54) is 7.11 Å². The Morgan fingerprint density at radius 3 is 2.86 bits per heavy atom. The monoisotopic (exact) mass is 293 g/mol. The largest absolute Gasteiger partial charge is 0.496 e. The molecule has 1 fully saturated rings. The van der Waals surface area contributed by atoms with Crippen LogP contribution in [0.25, 0.3) is 0 Å². The van der Waals surface area contributed by atoms with Crippen LogP contribution < -0.4 is 10.5 Å². The van der Waals surface area contributed by atoms with Crippen molar-refractivity contribution in [3.05, 3.63) is 23.8 Å². The predicted octanol–water partition coefficient (Wildman–Crippen LogP) is 0.418. The highest BCUT2D eigenvalue weighted by molar-refractivity contribution is 6.01. The van der Waals surface area contributed by atoms with Crippen LogP contribution >= 0.6 is 0 Å². The number of rotatable bonds is 4. The van der Waals surface area contributed by atoms with Gasteiger partial charge >= 0.3 is 0 Å². The standard InChI is InChI=1S/C15H23N3O3/c1-21-13-5-2-4-12(16)14(13)15(20)18-7-3-6-17(8-9-18)10-11-19/h2,4-5,19H,3,6-11,16H2,1H3. The molecule has 1 saturated heterocycles. The Labute approximate surface area is 125 Å². The number of nitrogen functional groups attached to an aromatic ring is 1. The number of anilines is 1. The Balaban J connectivity index is 2.13. The molecule has 0 saturated carbocycles. The van der Waals surface area contributed by atoms with E-state index in [1.807, 2.05) is 4.90 Å². The van der Waals surface area contributed by atoms with Crippen LogP contribution in [0.15, 0.2) is 18.2 Å². The number of hydrogen-bond donors (Lipinski definition) is 2. The lowest BCUT2D eigenvalue weighted by atomic mass is 10.1. The van der Waals surface area contributed by atoms with Crippen molar-refractivity contribution in [2.24, 2.45) is 0 Å². The van der Waals surface area contributed by atoms with E-state index >= 15 is 0 Å². The molecule has 1 aliphatic heterocycles. The highest BCUT2D eigenvalue weighted by Gasteiger charge is 2.24. The second kappa shape index (κ2) is 7.28. The number of ether oxygens (including phenoxy) is 1. The first kappa shape index (κ1) is 15.6. The first-order valence-corrected chi connectivity index (χ1v) is 7.22. The van der Waals surface area contributed by atoms with E-state index in [-0.39, 0.29) is 12.5 Å². The molecule has 6 heteroatoms. The smallest absolute Gasteiger partial charge is 0.259 e. The topological polar surface area (TPSA) is 79.0 Å². The summed E-state index contributed by atoms with van der Waals surface area (Å²) in [6.07, 6.45) is 0.890. The highest BCUT2D eigenvalue weighted by atomic mass is 16.5. The van der Waals surface area contributed by atoms with Crippen molar-refractivity contribution < 1.29 is 14.6 Å². The minimum atomic E-state index is -0.0872. The number of hydrogen-bond acceptors (Lipinski definition) is 5. The molecule has 0 spiro atoms. The van der Waals surface area contributed by atoms with Crippen molar-refractivity contribution in [2.45, 2.75) is 6.42 Å². The number of amides is 1. The Bertz CT molecular complexity index is 493. The molecule has 0 radical (unpaired) electrons. The molecule has 1 aromatic carbocycles. The van der Waals surface area contributed by atoms with Crippen molar-refractivity contribution >= 4 is 11.6 Å². The second-order valence-corrected chi connectivity index (χ2v) is 5.14. The van der Waals surface area contributed by atoms with Gasteiger partial charge in [0.05, 0.1) is 13.7 Å². The van der Waals surface area contributed by atoms with E-state index in [2.05, 4.69) is 4.90 Å². The third kappa shape index (κ3) is 3.65. The van der Waals surface area contributed by atoms with Crippen LogP contribution in [0.2, 0.25) is 0 Å². The number of nitrogens with zero attached hydrogens (tertiary/aromatic N) is 2. The lowest BCUT2D eigenvalue weighted by molar-refractivity contribution is 0.0758. The Morgan fingerprint density at radius 2 is 2.14 bits per heavy atom. The summed E-state index contributed by atoms with van der Waals surface area (Å²) in [5.74, 6) is 0.423. The maximum atomic E-state index is 12.7. The Hall–Kier alpha value is -1.79. The third-order valence-electron chi connectivity index (χ3n) is 3.78. The molecule has 1 aromatic rings. The van der Waals surface area contributed by atoms with Crippen LogP contribution in [0, 0.1) is 0 Å². The molecule has 3 N–H and O–H groups in total. The first-order valence-electron chi connectivity index (χ1n) is 7.22. The zero-order valence-electron chi connectivity index (χ0n) is 12.4. The molecule has 0 atom stereocenters. The van der Waals surface area contributed by atoms with E-state index in [9.17, 15) is 4.79 Å². The molecular formula is C15H23N3O3. The van der Waals surface area contributed by atoms with Gasteiger partial charge in [-0.1, -0.05) is 6.07 Å². The SMILES string of the molecule is COc1cccc(N)c1C(=O)N1CCCN(CCO)CC1. The van der Waals surface area contributed by atoms with Crippen LogP contribution in [-0.4, -0.2) is 67.3 Å². The van der Waals surface area contributed by atoms with Crippen LogP contribution in [-0.2, 0) is 0 Å². The average molecular weight is 293 g/mol. The summed E-state index contributed by atoms with van der Waals surface area (Å²) in [5.41, 5.74) is 6.83. The zero-order valence-corrected chi connectivity index (χ0v) is 12.4. The van der Waals surface area contributed by atoms with Gasteiger partial charge in [-0.25, -0.2) is 0 Å². The van der Waals surface area contributed by atoms with Gasteiger partial charge in [0.1, 0.15) is 11.3 Å². The van der Waals surface area contributed by atoms with Gasteiger partial charge in [-0.2, -0.15) is 0 Å². The van der Waals surface area contributed by atoms with Gasteiger partial charge in [0.2, 0.25) is 0 Å². The molecule has 1 amide bonds. The number of methoxy groups -OCH3 is 1. The Morgan fingerprint density at radius 1 is 1.33 bits per heavy atom. The van der Waals surface area contributed by atoms with Gasteiger partial charge < -0.3 is 20.5 Å². The van der Waals surface area contributed by atoms with Gasteiger partial charge in [-0.3, -0.25) is 9.69 Å². The van der Waals surface area contributed by atoms with Crippen molar-refractivity contribution in [2.75, 3.05) is 52.2 Å². The van der Waals surface area contributed by atoms with Gasteiger partial charge in [0, 0.05) is 31.9 Å². The molecule has 1 aliphatic rings. The number of β-amino-alcohol motifs (C(OH)–C–C–N with tert-alkyl or cyclic N) is 1. The van der Waals surface area contributed by atoms with Crippen molar-refractivity contribution in [1.82, 2.24) is 9.80 Å². The third-order valence-corrected chi connectivity index (χ3v) is 3.78. The van der Waals surface area contributed by atoms with Gasteiger partial charge in [0.15, 0.2) is 0 Å². The normalized spacial score (nSPS) is 16.6. The lowest BCUT2D eigenvalue weighted by Gasteiger charge is -2.23.